The Labute approximate surface area is 200 Å². The van der Waals surface area contributed by atoms with Crippen molar-refractivity contribution < 1.29 is 24.2 Å². The molecule has 1 aliphatic carbocycles. The predicted molar refractivity (Wildman–Crippen MR) is 130 cm³/mol. The van der Waals surface area contributed by atoms with Gasteiger partial charge in [-0.1, -0.05) is 82.6 Å². The topological polar surface area (TPSA) is 105 Å². The molecule has 7 nitrogen and oxygen atoms in total. The van der Waals surface area contributed by atoms with Crippen LogP contribution in [0, 0.1) is 11.3 Å². The summed E-state index contributed by atoms with van der Waals surface area (Å²) in [5.41, 5.74) is 3.90. The second-order valence-electron chi connectivity index (χ2n) is 9.84. The molecule has 1 unspecified atom stereocenters. The zero-order valence-corrected chi connectivity index (χ0v) is 20.3. The van der Waals surface area contributed by atoms with Crippen LogP contribution in [-0.2, 0) is 14.3 Å². The molecule has 182 valence electrons. The van der Waals surface area contributed by atoms with E-state index in [1.807, 2.05) is 64.1 Å². The van der Waals surface area contributed by atoms with Crippen molar-refractivity contribution in [3.63, 3.8) is 0 Å². The molecule has 0 spiro atoms. The van der Waals surface area contributed by atoms with Gasteiger partial charge in [-0.25, -0.2) is 4.79 Å². The number of hydrogen-bond donors (Lipinski definition) is 3. The van der Waals surface area contributed by atoms with E-state index in [1.54, 1.807) is 0 Å². The van der Waals surface area contributed by atoms with Crippen LogP contribution in [0.3, 0.4) is 0 Å². The van der Waals surface area contributed by atoms with E-state index in [0.717, 1.165) is 22.3 Å². The van der Waals surface area contributed by atoms with Gasteiger partial charge < -0.3 is 20.5 Å². The molecule has 34 heavy (non-hydrogen) atoms. The Bertz CT molecular complexity index is 998. The lowest BCUT2D eigenvalue weighted by molar-refractivity contribution is -0.142. The molecule has 0 radical (unpaired) electrons. The zero-order valence-electron chi connectivity index (χ0n) is 20.3. The van der Waals surface area contributed by atoms with Gasteiger partial charge in [0, 0.05) is 12.5 Å². The fourth-order valence-electron chi connectivity index (χ4n) is 4.42. The molecule has 2 amide bonds. The van der Waals surface area contributed by atoms with E-state index in [1.165, 1.54) is 0 Å². The van der Waals surface area contributed by atoms with Gasteiger partial charge >= 0.3 is 12.1 Å². The van der Waals surface area contributed by atoms with Gasteiger partial charge in [-0.3, -0.25) is 9.59 Å². The first-order valence-electron chi connectivity index (χ1n) is 11.8. The molecule has 3 N–H and O–H groups in total. The maximum Gasteiger partial charge on any atom is 0.407 e. The minimum absolute atomic E-state index is 0.0148. The molecule has 0 fully saturated rings. The lowest BCUT2D eigenvalue weighted by atomic mass is 9.86. The van der Waals surface area contributed by atoms with E-state index in [-0.39, 0.29) is 19.1 Å². The monoisotopic (exact) mass is 466 g/mol. The predicted octanol–water partition coefficient (Wildman–Crippen LogP) is 4.56. The maximum atomic E-state index is 12.9. The number of carbonyl (C=O) groups is 3. The number of rotatable bonds is 9. The summed E-state index contributed by atoms with van der Waals surface area (Å²) < 4.78 is 5.59. The minimum atomic E-state index is -0.945. The molecule has 0 aliphatic heterocycles. The first-order valence-corrected chi connectivity index (χ1v) is 11.8. The van der Waals surface area contributed by atoms with Crippen molar-refractivity contribution in [3.8, 4) is 11.1 Å². The number of carbonyl (C=O) groups excluding carboxylic acids is 2. The van der Waals surface area contributed by atoms with Crippen LogP contribution in [0.1, 0.15) is 57.6 Å². The molecule has 0 saturated heterocycles. The summed E-state index contributed by atoms with van der Waals surface area (Å²) in [6.45, 7) is 7.57. The normalized spacial score (nSPS) is 14.5. The standard InChI is InChI=1S/C27H34N2O5/c1-5-10-17(25(31)32)15-28-24(30)23(27(2,3)4)29-26(33)34-16-22-20-13-8-6-11-18(20)19-12-7-9-14-21(19)22/h6-9,11-14,17,22-23H,5,10,15-16H2,1-4H3,(H,28,30)(H,29,33)(H,31,32)/t17?,23-/m0/s1. The first-order chi connectivity index (χ1) is 16.1. The molecule has 3 rings (SSSR count). The number of benzene rings is 2. The Morgan fingerprint density at radius 3 is 2.06 bits per heavy atom. The van der Waals surface area contributed by atoms with Gasteiger partial charge in [0.15, 0.2) is 0 Å². The number of alkyl carbamates (subject to hydrolysis) is 1. The largest absolute Gasteiger partial charge is 0.481 e. The van der Waals surface area contributed by atoms with Crippen molar-refractivity contribution in [1.29, 1.82) is 0 Å². The highest BCUT2D eigenvalue weighted by atomic mass is 16.5. The maximum absolute atomic E-state index is 12.9. The molecular weight excluding hydrogens is 432 g/mol. The zero-order chi connectivity index (χ0) is 24.9. The molecule has 7 heteroatoms. The molecule has 2 aromatic rings. The molecule has 2 aromatic carbocycles. The van der Waals surface area contributed by atoms with Gasteiger partial charge in [0.25, 0.3) is 0 Å². The van der Waals surface area contributed by atoms with E-state index in [0.29, 0.717) is 12.8 Å². The lowest BCUT2D eigenvalue weighted by Crippen LogP contribution is -2.54. The number of aliphatic carboxylic acids is 1. The highest BCUT2D eigenvalue weighted by Crippen LogP contribution is 2.44. The van der Waals surface area contributed by atoms with Crippen molar-refractivity contribution in [2.45, 2.75) is 52.5 Å². The highest BCUT2D eigenvalue weighted by Gasteiger charge is 2.35. The van der Waals surface area contributed by atoms with Crippen molar-refractivity contribution >= 4 is 18.0 Å². The van der Waals surface area contributed by atoms with Crippen LogP contribution in [0.15, 0.2) is 48.5 Å². The van der Waals surface area contributed by atoms with Crippen LogP contribution in [0.4, 0.5) is 4.79 Å². The summed E-state index contributed by atoms with van der Waals surface area (Å²) in [6, 6.07) is 15.3. The Morgan fingerprint density at radius 1 is 1.00 bits per heavy atom. The quantitative estimate of drug-likeness (QED) is 0.503. The van der Waals surface area contributed by atoms with Crippen molar-refractivity contribution in [2.24, 2.45) is 11.3 Å². The number of fused-ring (bicyclic) bond motifs is 3. The number of carboxylic acid groups (broad SMARTS) is 1. The number of nitrogens with one attached hydrogen (secondary N) is 2. The Balaban J connectivity index is 1.65. The van der Waals surface area contributed by atoms with Crippen LogP contribution < -0.4 is 10.6 Å². The second-order valence-corrected chi connectivity index (χ2v) is 9.84. The van der Waals surface area contributed by atoms with Gasteiger partial charge in [0.1, 0.15) is 12.6 Å². The summed E-state index contributed by atoms with van der Waals surface area (Å²) in [4.78, 5) is 37.0. The molecular formula is C27H34N2O5. The highest BCUT2D eigenvalue weighted by molar-refractivity contribution is 5.87. The third kappa shape index (κ3) is 5.76. The average molecular weight is 467 g/mol. The Morgan fingerprint density at radius 2 is 1.56 bits per heavy atom. The van der Waals surface area contributed by atoms with Crippen LogP contribution in [-0.4, -0.2) is 42.3 Å². The van der Waals surface area contributed by atoms with E-state index in [4.69, 9.17) is 4.74 Å². The van der Waals surface area contributed by atoms with Gasteiger partial charge in [-0.05, 0) is 34.1 Å². The van der Waals surface area contributed by atoms with E-state index >= 15 is 0 Å². The summed E-state index contributed by atoms with van der Waals surface area (Å²) in [5, 5.41) is 14.7. The number of carboxylic acids is 1. The summed E-state index contributed by atoms with van der Waals surface area (Å²) in [7, 11) is 0. The van der Waals surface area contributed by atoms with Crippen molar-refractivity contribution in [2.75, 3.05) is 13.2 Å². The van der Waals surface area contributed by atoms with Crippen LogP contribution >= 0.6 is 0 Å². The molecule has 1 aliphatic rings. The van der Waals surface area contributed by atoms with Gasteiger partial charge in [-0.2, -0.15) is 0 Å². The molecule has 0 bridgehead atoms. The van der Waals surface area contributed by atoms with Gasteiger partial charge in [-0.15, -0.1) is 0 Å². The first kappa shape index (κ1) is 25.3. The van der Waals surface area contributed by atoms with Crippen molar-refractivity contribution in [3.05, 3.63) is 59.7 Å². The van der Waals surface area contributed by atoms with Crippen LogP contribution in [0.5, 0.6) is 0 Å². The third-order valence-corrected chi connectivity index (χ3v) is 6.24. The fraction of sp³-hybridized carbons (Fsp3) is 0.444. The van der Waals surface area contributed by atoms with Gasteiger partial charge in [0.2, 0.25) is 5.91 Å². The smallest absolute Gasteiger partial charge is 0.407 e. The number of ether oxygens (including phenoxy) is 1. The fourth-order valence-corrected chi connectivity index (χ4v) is 4.42. The lowest BCUT2D eigenvalue weighted by Gasteiger charge is -2.30. The Kier molecular flexibility index (Phi) is 7.97. The second kappa shape index (κ2) is 10.7. The minimum Gasteiger partial charge on any atom is -0.481 e. The molecule has 2 atom stereocenters. The summed E-state index contributed by atoms with van der Waals surface area (Å²) >= 11 is 0. The van der Waals surface area contributed by atoms with Crippen molar-refractivity contribution in [1.82, 2.24) is 10.6 Å². The summed E-state index contributed by atoms with van der Waals surface area (Å²) in [6.07, 6.45) is 0.489. The van der Waals surface area contributed by atoms with E-state index < -0.39 is 35.3 Å². The SMILES string of the molecule is CCCC(CNC(=O)[C@H](NC(=O)OCC1c2ccccc2-c2ccccc21)C(C)(C)C)C(=O)O. The third-order valence-electron chi connectivity index (χ3n) is 6.24. The Hall–Kier alpha value is -3.35. The average Bonchev–Trinajstić information content (AvgIpc) is 3.11. The summed E-state index contributed by atoms with van der Waals surface area (Å²) in [5.74, 6) is -2.11. The molecule has 0 aromatic heterocycles. The van der Waals surface area contributed by atoms with E-state index in [2.05, 4.69) is 22.8 Å². The van der Waals surface area contributed by atoms with Crippen LogP contribution in [0.25, 0.3) is 11.1 Å². The number of hydrogen-bond acceptors (Lipinski definition) is 4. The van der Waals surface area contributed by atoms with Gasteiger partial charge in [0.05, 0.1) is 5.92 Å². The molecule has 0 heterocycles. The number of amides is 2. The van der Waals surface area contributed by atoms with E-state index in [9.17, 15) is 19.5 Å². The molecule has 0 saturated carbocycles. The van der Waals surface area contributed by atoms with Crippen LogP contribution in [0.2, 0.25) is 0 Å².